The molecule has 1 fully saturated rings. The van der Waals surface area contributed by atoms with Crippen molar-refractivity contribution in [2.24, 2.45) is 5.92 Å². The zero-order valence-corrected chi connectivity index (χ0v) is 18.3. The maximum absolute atomic E-state index is 11.3. The lowest BCUT2D eigenvalue weighted by Gasteiger charge is -2.29. The number of nitrogens with zero attached hydrogens (tertiary/aromatic N) is 1. The van der Waals surface area contributed by atoms with Crippen molar-refractivity contribution in [2.75, 3.05) is 0 Å². The van der Waals surface area contributed by atoms with Gasteiger partial charge in [0.1, 0.15) is 11.5 Å². The maximum Gasteiger partial charge on any atom is 0.307 e. The first kappa shape index (κ1) is 20.9. The van der Waals surface area contributed by atoms with Gasteiger partial charge in [-0.3, -0.25) is 9.78 Å². The molecular weight excluding hydrogens is 400 g/mol. The molecule has 0 spiro atoms. The van der Waals surface area contributed by atoms with Gasteiger partial charge in [-0.25, -0.2) is 4.98 Å². The van der Waals surface area contributed by atoms with Gasteiger partial charge >= 0.3 is 4.87 Å². The second-order valence-corrected chi connectivity index (χ2v) is 9.25. The van der Waals surface area contributed by atoms with Gasteiger partial charge in [0, 0.05) is 5.56 Å². The zero-order valence-electron chi connectivity index (χ0n) is 17.4. The molecule has 6 nitrogen and oxygen atoms in total. The smallest absolute Gasteiger partial charge is 0.307 e. The van der Waals surface area contributed by atoms with E-state index < -0.39 is 0 Å². The summed E-state index contributed by atoms with van der Waals surface area (Å²) in [5.41, 5.74) is 3.04. The molecule has 2 heterocycles. The van der Waals surface area contributed by atoms with Crippen molar-refractivity contribution in [2.45, 2.75) is 65.1 Å². The van der Waals surface area contributed by atoms with E-state index in [1.54, 1.807) is 0 Å². The predicted molar refractivity (Wildman–Crippen MR) is 117 cm³/mol. The van der Waals surface area contributed by atoms with Crippen LogP contribution in [0.5, 0.6) is 5.88 Å². The first-order valence-corrected chi connectivity index (χ1v) is 11.4. The molecule has 0 saturated heterocycles. The minimum absolute atomic E-state index is 0.0273. The van der Waals surface area contributed by atoms with E-state index >= 15 is 0 Å². The summed E-state index contributed by atoms with van der Waals surface area (Å²) in [5.74, 6) is 2.01. The molecule has 4 rings (SSSR count). The van der Waals surface area contributed by atoms with Crippen LogP contribution in [0.25, 0.3) is 11.5 Å². The quantitative estimate of drug-likeness (QED) is 0.545. The van der Waals surface area contributed by atoms with Gasteiger partial charge in [0.15, 0.2) is 0 Å². The third-order valence-electron chi connectivity index (χ3n) is 5.86. The number of aromatic nitrogens is 2. The normalized spacial score (nSPS) is 19.3. The number of nitrogens with one attached hydrogen (secondary N) is 1. The highest BCUT2D eigenvalue weighted by Gasteiger charge is 2.24. The molecule has 2 aromatic heterocycles. The number of hydrogen-bond donors (Lipinski definition) is 2. The number of oxazole rings is 1. The van der Waals surface area contributed by atoms with Gasteiger partial charge in [-0.15, -0.1) is 0 Å². The van der Waals surface area contributed by atoms with Gasteiger partial charge in [-0.1, -0.05) is 41.9 Å². The Morgan fingerprint density at radius 1 is 1.27 bits per heavy atom. The Balaban J connectivity index is 1.31. The Kier molecular flexibility index (Phi) is 6.39. The largest absolute Gasteiger partial charge is 0.494 e. The molecule has 30 heavy (non-hydrogen) atoms. The molecule has 1 aliphatic carbocycles. The van der Waals surface area contributed by atoms with Crippen molar-refractivity contribution in [3.05, 3.63) is 55.8 Å². The minimum Gasteiger partial charge on any atom is -0.494 e. The van der Waals surface area contributed by atoms with Crippen molar-refractivity contribution in [3.8, 4) is 17.3 Å². The number of aromatic amines is 1. The Morgan fingerprint density at radius 3 is 2.80 bits per heavy atom. The highest BCUT2D eigenvalue weighted by atomic mass is 32.1. The SMILES string of the molecule is Cc1ccc(-c2nc(CO[C@@H]3CCC[C@H](CCc4sc(=O)[nH]c4O)C3)c(C)o2)cc1. The minimum atomic E-state index is -0.194. The second-order valence-electron chi connectivity index (χ2n) is 8.18. The highest BCUT2D eigenvalue weighted by Crippen LogP contribution is 2.32. The molecule has 1 aromatic carbocycles. The monoisotopic (exact) mass is 428 g/mol. The molecule has 160 valence electrons. The highest BCUT2D eigenvalue weighted by molar-refractivity contribution is 7.09. The van der Waals surface area contributed by atoms with Crippen LogP contribution in [0.15, 0.2) is 33.5 Å². The molecule has 2 atom stereocenters. The van der Waals surface area contributed by atoms with Crippen LogP contribution in [-0.2, 0) is 17.8 Å². The summed E-state index contributed by atoms with van der Waals surface area (Å²) in [6.07, 6.45) is 6.26. The summed E-state index contributed by atoms with van der Waals surface area (Å²) < 4.78 is 12.1. The number of thiazole rings is 1. The van der Waals surface area contributed by atoms with Crippen molar-refractivity contribution < 1.29 is 14.3 Å². The van der Waals surface area contributed by atoms with Crippen LogP contribution in [-0.4, -0.2) is 21.2 Å². The third-order valence-corrected chi connectivity index (χ3v) is 6.79. The Morgan fingerprint density at radius 2 is 2.07 bits per heavy atom. The van der Waals surface area contributed by atoms with Crippen molar-refractivity contribution in [3.63, 3.8) is 0 Å². The number of rotatable bonds is 7. The first-order valence-electron chi connectivity index (χ1n) is 10.5. The summed E-state index contributed by atoms with van der Waals surface area (Å²) in [5, 5.41) is 9.76. The van der Waals surface area contributed by atoms with Gasteiger partial charge in [0.2, 0.25) is 11.8 Å². The average Bonchev–Trinajstić information content (AvgIpc) is 3.26. The molecule has 3 aromatic rings. The summed E-state index contributed by atoms with van der Waals surface area (Å²) in [4.78, 5) is 19.0. The third kappa shape index (κ3) is 5.02. The molecule has 0 bridgehead atoms. The van der Waals surface area contributed by atoms with Crippen LogP contribution in [0.3, 0.4) is 0 Å². The Hall–Kier alpha value is -2.38. The van der Waals surface area contributed by atoms with E-state index in [2.05, 4.69) is 29.0 Å². The van der Waals surface area contributed by atoms with E-state index in [9.17, 15) is 9.90 Å². The Bertz CT molecular complexity index is 1030. The topological polar surface area (TPSA) is 88.3 Å². The van der Waals surface area contributed by atoms with Gasteiger partial charge < -0.3 is 14.3 Å². The van der Waals surface area contributed by atoms with E-state index in [4.69, 9.17) is 9.15 Å². The molecule has 2 N–H and O–H groups in total. The number of ether oxygens (including phenoxy) is 1. The summed E-state index contributed by atoms with van der Waals surface area (Å²) >= 11 is 1.10. The predicted octanol–water partition coefficient (Wildman–Crippen LogP) is 5.12. The fourth-order valence-electron chi connectivity index (χ4n) is 4.09. The van der Waals surface area contributed by atoms with E-state index in [1.165, 1.54) is 12.0 Å². The molecule has 0 amide bonds. The van der Waals surface area contributed by atoms with E-state index in [0.29, 0.717) is 18.4 Å². The number of aromatic hydroxyl groups is 1. The lowest BCUT2D eigenvalue weighted by Crippen LogP contribution is -2.23. The lowest BCUT2D eigenvalue weighted by molar-refractivity contribution is -0.000494. The van der Waals surface area contributed by atoms with Crippen molar-refractivity contribution >= 4 is 11.3 Å². The molecule has 0 unspecified atom stereocenters. The first-order chi connectivity index (χ1) is 14.5. The summed E-state index contributed by atoms with van der Waals surface area (Å²) in [6.45, 7) is 4.45. The molecule has 1 saturated carbocycles. The zero-order chi connectivity index (χ0) is 21.1. The fourth-order valence-corrected chi connectivity index (χ4v) is 4.83. The number of benzene rings is 1. The van der Waals surface area contributed by atoms with Crippen LogP contribution in [0, 0.1) is 19.8 Å². The van der Waals surface area contributed by atoms with Crippen LogP contribution in [0.4, 0.5) is 0 Å². The van der Waals surface area contributed by atoms with Crippen molar-refractivity contribution in [1.82, 2.24) is 9.97 Å². The van der Waals surface area contributed by atoms with Crippen molar-refractivity contribution in [1.29, 1.82) is 0 Å². The lowest BCUT2D eigenvalue weighted by atomic mass is 9.84. The van der Waals surface area contributed by atoms with E-state index in [1.807, 2.05) is 19.1 Å². The Labute approximate surface area is 179 Å². The van der Waals surface area contributed by atoms with Gasteiger partial charge in [0.05, 0.1) is 17.6 Å². The van der Waals surface area contributed by atoms with Gasteiger partial charge in [-0.2, -0.15) is 0 Å². The van der Waals surface area contributed by atoms with Crippen LogP contribution < -0.4 is 4.87 Å². The summed E-state index contributed by atoms with van der Waals surface area (Å²) in [6, 6.07) is 8.16. The van der Waals surface area contributed by atoms with E-state index in [-0.39, 0.29) is 16.9 Å². The summed E-state index contributed by atoms with van der Waals surface area (Å²) in [7, 11) is 0. The van der Waals surface area contributed by atoms with Crippen LogP contribution in [0.1, 0.15) is 54.0 Å². The fraction of sp³-hybridized carbons (Fsp3) is 0.478. The number of aryl methyl sites for hydroxylation is 3. The number of H-pyrrole nitrogens is 1. The molecule has 1 aliphatic rings. The van der Waals surface area contributed by atoms with Gasteiger partial charge in [-0.05, 0) is 57.6 Å². The molecule has 7 heteroatoms. The van der Waals surface area contributed by atoms with Gasteiger partial charge in [0.25, 0.3) is 0 Å². The molecule has 0 aliphatic heterocycles. The van der Waals surface area contributed by atoms with Crippen LogP contribution >= 0.6 is 11.3 Å². The van der Waals surface area contributed by atoms with E-state index in [0.717, 1.165) is 65.3 Å². The standard InChI is InChI=1S/C23H28N2O4S/c1-14-6-9-17(10-7-14)22-24-19(15(2)29-22)13-28-18-5-3-4-16(12-18)8-11-20-21(26)25-23(27)30-20/h6-7,9-10,16,18,26H,3-5,8,11-13H2,1-2H3,(H,25,27)/t16-,18-/m1/s1. The van der Waals surface area contributed by atoms with Crippen LogP contribution in [0.2, 0.25) is 0 Å². The maximum atomic E-state index is 11.3. The number of hydrogen-bond acceptors (Lipinski definition) is 6. The second kappa shape index (κ2) is 9.18. The molecular formula is C23H28N2O4S. The molecule has 0 radical (unpaired) electrons. The average molecular weight is 429 g/mol.